The Balaban J connectivity index is 1.43. The topological polar surface area (TPSA) is 60.9 Å². The summed E-state index contributed by atoms with van der Waals surface area (Å²) in [6.07, 6.45) is 5.49. The van der Waals surface area contributed by atoms with Gasteiger partial charge in [0, 0.05) is 19.1 Å². The number of nitrogens with zero attached hydrogens (tertiary/aromatic N) is 2. The summed E-state index contributed by atoms with van der Waals surface area (Å²) >= 11 is 0. The Bertz CT molecular complexity index is 709. The van der Waals surface area contributed by atoms with Gasteiger partial charge >= 0.3 is 0 Å². The first-order chi connectivity index (χ1) is 12.5. The first-order valence-electron chi connectivity index (χ1n) is 9.60. The molecular formula is C20H25FN2O3. The minimum absolute atomic E-state index is 0.0636. The lowest BCUT2D eigenvalue weighted by atomic mass is 9.68. The Hall–Kier alpha value is -1.95. The molecule has 6 heteroatoms. The van der Waals surface area contributed by atoms with E-state index in [0.29, 0.717) is 25.9 Å². The number of piperidine rings is 1. The molecule has 1 aromatic carbocycles. The smallest absolute Gasteiger partial charge is 0.256 e. The maximum absolute atomic E-state index is 13.9. The number of carbonyl (C=O) groups excluding carboxylic acids is 2. The highest BCUT2D eigenvalue weighted by molar-refractivity contribution is 5.94. The van der Waals surface area contributed by atoms with E-state index >= 15 is 0 Å². The van der Waals surface area contributed by atoms with Gasteiger partial charge in [-0.25, -0.2) is 4.39 Å². The average Bonchev–Trinajstić information content (AvgIpc) is 2.69. The molecule has 4 rings (SSSR count). The van der Waals surface area contributed by atoms with Gasteiger partial charge < -0.3 is 14.9 Å². The third-order valence-electron chi connectivity index (χ3n) is 6.40. The fraction of sp³-hybridized carbons (Fsp3) is 0.600. The predicted octanol–water partition coefficient (Wildman–Crippen LogP) is 2.34. The summed E-state index contributed by atoms with van der Waals surface area (Å²) in [4.78, 5) is 28.5. The van der Waals surface area contributed by atoms with Crippen LogP contribution >= 0.6 is 0 Å². The Morgan fingerprint density at radius 3 is 2.42 bits per heavy atom. The van der Waals surface area contributed by atoms with Crippen LogP contribution in [0.1, 0.15) is 55.3 Å². The number of β-lactam (4-membered cyclic amide) rings is 1. The molecule has 5 nitrogen and oxygen atoms in total. The molecule has 2 saturated heterocycles. The maximum atomic E-state index is 13.9. The molecule has 0 radical (unpaired) electrons. The number of aliphatic hydroxyl groups is 1. The van der Waals surface area contributed by atoms with Gasteiger partial charge in [0.2, 0.25) is 0 Å². The molecule has 1 aromatic rings. The van der Waals surface area contributed by atoms with Crippen molar-refractivity contribution in [1.29, 1.82) is 0 Å². The Labute approximate surface area is 152 Å². The lowest BCUT2D eigenvalue weighted by Crippen LogP contribution is -2.77. The lowest BCUT2D eigenvalue weighted by molar-refractivity contribution is -0.200. The van der Waals surface area contributed by atoms with E-state index in [1.807, 2.05) is 4.90 Å². The summed E-state index contributed by atoms with van der Waals surface area (Å²) in [6.45, 7) is 1.02. The second kappa shape index (κ2) is 6.65. The van der Waals surface area contributed by atoms with Gasteiger partial charge in [-0.1, -0.05) is 31.4 Å². The average molecular weight is 360 g/mol. The maximum Gasteiger partial charge on any atom is 0.256 e. The SMILES string of the molecule is O=C(c1ccccc1F)N1CCC(N2C(=O)C(O)C23CCCCC3)CC1. The van der Waals surface area contributed by atoms with Crippen LogP contribution in [0.4, 0.5) is 4.39 Å². The van der Waals surface area contributed by atoms with E-state index in [4.69, 9.17) is 0 Å². The zero-order valence-corrected chi connectivity index (χ0v) is 14.9. The fourth-order valence-corrected chi connectivity index (χ4v) is 5.00. The van der Waals surface area contributed by atoms with Crippen LogP contribution in [0.5, 0.6) is 0 Å². The van der Waals surface area contributed by atoms with Crippen molar-refractivity contribution in [1.82, 2.24) is 9.80 Å². The van der Waals surface area contributed by atoms with Gasteiger partial charge in [0.1, 0.15) is 5.82 Å². The number of likely N-dealkylation sites (tertiary alicyclic amines) is 2. The standard InChI is InChI=1S/C20H25FN2O3/c21-16-7-3-2-6-15(16)18(25)22-12-8-14(9-13-22)23-19(26)17(24)20(23)10-4-1-5-11-20/h2-3,6-7,14,17,24H,1,4-5,8-13H2. The molecule has 3 fully saturated rings. The van der Waals surface area contributed by atoms with Crippen LogP contribution in [0.15, 0.2) is 24.3 Å². The number of carbonyl (C=O) groups is 2. The minimum Gasteiger partial charge on any atom is -0.381 e. The first-order valence-corrected chi connectivity index (χ1v) is 9.60. The molecule has 1 unspecified atom stereocenters. The normalized spacial score (nSPS) is 26.1. The van der Waals surface area contributed by atoms with E-state index < -0.39 is 11.9 Å². The zero-order valence-electron chi connectivity index (χ0n) is 14.9. The number of benzene rings is 1. The molecule has 1 saturated carbocycles. The molecule has 140 valence electrons. The summed E-state index contributed by atoms with van der Waals surface area (Å²) in [5, 5.41) is 10.3. The van der Waals surface area contributed by atoms with E-state index in [1.165, 1.54) is 12.1 Å². The number of aliphatic hydroxyl groups excluding tert-OH is 1. The molecular weight excluding hydrogens is 335 g/mol. The second-order valence-electron chi connectivity index (χ2n) is 7.78. The van der Waals surface area contributed by atoms with Gasteiger partial charge in [0.05, 0.1) is 11.1 Å². The highest BCUT2D eigenvalue weighted by Crippen LogP contribution is 2.46. The summed E-state index contributed by atoms with van der Waals surface area (Å²) in [6, 6.07) is 6.11. The highest BCUT2D eigenvalue weighted by Gasteiger charge is 2.61. The van der Waals surface area contributed by atoms with Gasteiger partial charge in [0.15, 0.2) is 6.10 Å². The van der Waals surface area contributed by atoms with Crippen molar-refractivity contribution in [2.75, 3.05) is 13.1 Å². The molecule has 0 aromatic heterocycles. The highest BCUT2D eigenvalue weighted by atomic mass is 19.1. The van der Waals surface area contributed by atoms with Gasteiger partial charge in [-0.15, -0.1) is 0 Å². The summed E-state index contributed by atoms with van der Waals surface area (Å²) < 4.78 is 13.9. The number of halogens is 1. The van der Waals surface area contributed by atoms with Crippen molar-refractivity contribution in [3.63, 3.8) is 0 Å². The van der Waals surface area contributed by atoms with Gasteiger partial charge in [-0.2, -0.15) is 0 Å². The first kappa shape index (κ1) is 17.5. The van der Waals surface area contributed by atoms with Crippen molar-refractivity contribution in [2.45, 2.75) is 62.6 Å². The van der Waals surface area contributed by atoms with Gasteiger partial charge in [-0.3, -0.25) is 9.59 Å². The number of hydrogen-bond donors (Lipinski definition) is 1. The monoisotopic (exact) mass is 360 g/mol. The molecule has 3 aliphatic rings. The van der Waals surface area contributed by atoms with Gasteiger partial charge in [0.25, 0.3) is 11.8 Å². The fourth-order valence-electron chi connectivity index (χ4n) is 5.00. The van der Waals surface area contributed by atoms with E-state index in [1.54, 1.807) is 17.0 Å². The van der Waals surface area contributed by atoms with Crippen LogP contribution in [0.25, 0.3) is 0 Å². The second-order valence-corrected chi connectivity index (χ2v) is 7.78. The number of hydrogen-bond acceptors (Lipinski definition) is 3. The van der Waals surface area contributed by atoms with E-state index in [-0.39, 0.29) is 29.0 Å². The third-order valence-corrected chi connectivity index (χ3v) is 6.40. The summed E-state index contributed by atoms with van der Waals surface area (Å²) in [5.74, 6) is -0.948. The van der Waals surface area contributed by atoms with Crippen molar-refractivity contribution >= 4 is 11.8 Å². The molecule has 2 aliphatic heterocycles. The molecule has 26 heavy (non-hydrogen) atoms. The Kier molecular flexibility index (Phi) is 4.47. The Morgan fingerprint density at radius 1 is 1.12 bits per heavy atom. The molecule has 1 atom stereocenters. The van der Waals surface area contributed by atoms with E-state index in [0.717, 1.165) is 32.1 Å². The molecule has 0 bridgehead atoms. The third kappa shape index (κ3) is 2.62. The summed E-state index contributed by atoms with van der Waals surface area (Å²) in [7, 11) is 0. The van der Waals surface area contributed by atoms with Crippen LogP contribution in [-0.2, 0) is 4.79 Å². The lowest BCUT2D eigenvalue weighted by Gasteiger charge is -2.61. The molecule has 2 heterocycles. The predicted molar refractivity (Wildman–Crippen MR) is 94.0 cm³/mol. The minimum atomic E-state index is -0.860. The van der Waals surface area contributed by atoms with Crippen LogP contribution in [0, 0.1) is 5.82 Å². The van der Waals surface area contributed by atoms with E-state index in [9.17, 15) is 19.1 Å². The molecule has 1 aliphatic carbocycles. The van der Waals surface area contributed by atoms with Crippen LogP contribution < -0.4 is 0 Å². The largest absolute Gasteiger partial charge is 0.381 e. The quantitative estimate of drug-likeness (QED) is 0.824. The van der Waals surface area contributed by atoms with Crippen molar-refractivity contribution < 1.29 is 19.1 Å². The van der Waals surface area contributed by atoms with Crippen molar-refractivity contribution in [2.24, 2.45) is 0 Å². The zero-order chi connectivity index (χ0) is 18.3. The van der Waals surface area contributed by atoms with Crippen molar-refractivity contribution in [3.05, 3.63) is 35.6 Å². The van der Waals surface area contributed by atoms with Gasteiger partial charge in [-0.05, 0) is 37.8 Å². The number of amides is 2. The number of rotatable bonds is 2. The van der Waals surface area contributed by atoms with E-state index in [2.05, 4.69) is 0 Å². The Morgan fingerprint density at radius 2 is 1.77 bits per heavy atom. The molecule has 1 N–H and O–H groups in total. The molecule has 1 spiro atoms. The van der Waals surface area contributed by atoms with Crippen molar-refractivity contribution in [3.8, 4) is 0 Å². The van der Waals surface area contributed by atoms with Crippen LogP contribution in [-0.4, -0.2) is 57.5 Å². The molecule has 2 amide bonds. The summed E-state index contributed by atoms with van der Waals surface area (Å²) in [5.41, 5.74) is -0.275. The van der Waals surface area contributed by atoms with Crippen LogP contribution in [0.3, 0.4) is 0 Å². The van der Waals surface area contributed by atoms with Crippen LogP contribution in [0.2, 0.25) is 0 Å².